The van der Waals surface area contributed by atoms with Crippen LogP contribution < -0.4 is 0 Å². The Morgan fingerprint density at radius 2 is 2.07 bits per heavy atom. The first-order valence-electron chi connectivity index (χ1n) is 16.4. The van der Waals surface area contributed by atoms with E-state index < -0.39 is 78.8 Å². The van der Waals surface area contributed by atoms with Gasteiger partial charge in [-0.05, 0) is 84.3 Å². The molecular weight excluding hydrogens is 358 g/mol. The molecule has 0 saturated heterocycles. The lowest BCUT2D eigenvalue weighted by Crippen LogP contribution is -2.50. The summed E-state index contributed by atoms with van der Waals surface area (Å²) < 4.78 is 109. The van der Waals surface area contributed by atoms with Crippen LogP contribution >= 0.6 is 0 Å². The van der Waals surface area contributed by atoms with E-state index in [1.807, 2.05) is 0 Å². The number of carbonyl (C=O) groups is 1. The Bertz CT molecular complexity index is 1370. The van der Waals surface area contributed by atoms with Crippen LogP contribution in [-0.4, -0.2) is 17.1 Å². The minimum absolute atomic E-state index is 0.0201. The quantitative estimate of drug-likeness (QED) is 0.451. The lowest BCUT2D eigenvalue weighted by molar-refractivity contribution is -0.148. The Hall–Kier alpha value is -1.90. The zero-order chi connectivity index (χ0) is 30.4. The molecule has 29 heavy (non-hydrogen) atoms. The highest BCUT2D eigenvalue weighted by atomic mass is 16.5. The number of hydrogen-bond acceptors (Lipinski definition) is 3. The molecule has 1 aromatic heterocycles. The van der Waals surface area contributed by atoms with E-state index in [4.69, 9.17) is 21.2 Å². The van der Waals surface area contributed by atoms with Crippen molar-refractivity contribution >= 4 is 11.5 Å². The van der Waals surface area contributed by atoms with Crippen molar-refractivity contribution in [3.8, 4) is 0 Å². The first-order valence-corrected chi connectivity index (χ1v) is 10.4. The summed E-state index contributed by atoms with van der Waals surface area (Å²) in [7, 11) is 0. The fourth-order valence-electron chi connectivity index (χ4n) is 6.26. The fourth-order valence-corrected chi connectivity index (χ4v) is 6.26. The number of aromatic nitrogens is 1. The van der Waals surface area contributed by atoms with Gasteiger partial charge in [0.2, 0.25) is 0 Å². The van der Waals surface area contributed by atoms with Gasteiger partial charge in [0.05, 0.1) is 8.22 Å². The van der Waals surface area contributed by atoms with Crippen LogP contribution in [0.2, 0.25) is 0 Å². The number of pyridine rings is 1. The number of fused-ring (bicyclic) bond motifs is 5. The molecule has 0 bridgehead atoms. The van der Waals surface area contributed by atoms with Gasteiger partial charge in [0.25, 0.3) is 0 Å². The van der Waals surface area contributed by atoms with Gasteiger partial charge in [-0.3, -0.25) is 9.78 Å². The summed E-state index contributed by atoms with van der Waals surface area (Å²) in [4.78, 5) is 15.4. The molecule has 0 aromatic carbocycles. The third-order valence-corrected chi connectivity index (χ3v) is 7.53. The average molecular weight is 404 g/mol. The molecule has 154 valence electrons. The van der Waals surface area contributed by atoms with Crippen molar-refractivity contribution in [2.24, 2.45) is 28.6 Å². The summed E-state index contributed by atoms with van der Waals surface area (Å²) >= 11 is 0. The molecule has 4 aliphatic carbocycles. The lowest BCUT2D eigenvalue weighted by Gasteiger charge is -2.57. The summed E-state index contributed by atoms with van der Waals surface area (Å²) in [6.45, 7) is -3.92. The monoisotopic (exact) mass is 403 g/mol. The van der Waals surface area contributed by atoms with E-state index in [0.717, 1.165) is 0 Å². The zero-order valence-corrected chi connectivity index (χ0v) is 16.5. The third-order valence-electron chi connectivity index (χ3n) is 7.53. The van der Waals surface area contributed by atoms with Crippen molar-refractivity contribution < 1.29 is 26.0 Å². The van der Waals surface area contributed by atoms with E-state index in [1.165, 1.54) is 6.92 Å². The van der Waals surface area contributed by atoms with E-state index in [-0.39, 0.29) is 61.8 Å². The van der Waals surface area contributed by atoms with Gasteiger partial charge in [0, 0.05) is 33.9 Å². The van der Waals surface area contributed by atoms with Gasteiger partial charge < -0.3 is 4.74 Å². The number of hydrogen-bond donors (Lipinski definition) is 0. The van der Waals surface area contributed by atoms with Crippen molar-refractivity contribution in [2.75, 3.05) is 0 Å². The number of rotatable bonds is 2. The van der Waals surface area contributed by atoms with Crippen LogP contribution in [0.4, 0.5) is 0 Å². The molecule has 0 amide bonds. The molecular formula is C26H33NO2. The van der Waals surface area contributed by atoms with Crippen LogP contribution in [-0.2, 0) is 9.53 Å². The molecule has 2 fully saturated rings. The zero-order valence-electron chi connectivity index (χ0n) is 28.5. The second-order valence-electron chi connectivity index (χ2n) is 8.91. The van der Waals surface area contributed by atoms with Crippen LogP contribution in [0.15, 0.2) is 42.1 Å². The van der Waals surface area contributed by atoms with Gasteiger partial charge >= 0.3 is 5.97 Å². The maximum absolute atomic E-state index is 11.7. The number of esters is 1. The van der Waals surface area contributed by atoms with Crippen LogP contribution in [0.25, 0.3) is 5.57 Å². The Kier molecular flexibility index (Phi) is 2.34. The maximum Gasteiger partial charge on any atom is 0.302 e. The number of carbonyl (C=O) groups excluding carboxylic acids is 1. The van der Waals surface area contributed by atoms with E-state index in [2.05, 4.69) is 4.98 Å². The normalized spacial score (nSPS) is 48.3. The first-order chi connectivity index (χ1) is 18.9. The molecule has 3 unspecified atom stereocenters. The molecule has 5 rings (SSSR count). The van der Waals surface area contributed by atoms with Gasteiger partial charge in [-0.25, -0.2) is 0 Å². The minimum atomic E-state index is -2.70. The average Bonchev–Trinajstić information content (AvgIpc) is 3.15. The van der Waals surface area contributed by atoms with E-state index in [9.17, 15) is 4.79 Å². The number of allylic oxidation sites excluding steroid dienone is 3. The van der Waals surface area contributed by atoms with E-state index in [1.54, 1.807) is 0 Å². The molecule has 1 heterocycles. The summed E-state index contributed by atoms with van der Waals surface area (Å²) in [5, 5.41) is 0. The predicted octanol–water partition coefficient (Wildman–Crippen LogP) is 5.97. The van der Waals surface area contributed by atoms with Crippen molar-refractivity contribution in [3.63, 3.8) is 0 Å². The van der Waals surface area contributed by atoms with Crippen LogP contribution in [0.1, 0.15) is 87.6 Å². The highest BCUT2D eigenvalue weighted by molar-refractivity contribution is 5.72. The number of ether oxygens (including phenoxy) is 1. The molecule has 0 spiro atoms. The highest BCUT2D eigenvalue weighted by Crippen LogP contribution is 2.66. The molecule has 3 nitrogen and oxygen atoms in total. The van der Waals surface area contributed by atoms with Crippen LogP contribution in [0.3, 0.4) is 0 Å². The van der Waals surface area contributed by atoms with Gasteiger partial charge in [0.1, 0.15) is 6.10 Å². The minimum Gasteiger partial charge on any atom is -0.462 e. The standard InChI is InChI=1S/C26H33NO2/c1-17(28)29-20-10-12-25(2)19(15-20)6-7-21-23-9-8-22(18-5-4-14-27-16-18)26(23,3)13-11-24(21)25/h4-6,8,14,16,20-21,23-24H,7,9-13,15H2,1-3H3/t20-,21?,23?,24?,25-,26+/m0/s1/i2D3,3D3,4D,5D,6D,8D,14D,16D. The van der Waals surface area contributed by atoms with Crippen LogP contribution in [0, 0.1) is 28.6 Å². The first kappa shape index (κ1) is 9.94. The molecule has 4 aliphatic rings. The lowest BCUT2D eigenvalue weighted by atomic mass is 9.47. The van der Waals surface area contributed by atoms with E-state index >= 15 is 0 Å². The van der Waals surface area contributed by atoms with Crippen molar-refractivity contribution in [3.05, 3.63) is 47.7 Å². The molecule has 0 aliphatic heterocycles. The molecule has 1 aromatic rings. The van der Waals surface area contributed by atoms with Gasteiger partial charge in [-0.15, -0.1) is 0 Å². The predicted molar refractivity (Wildman–Crippen MR) is 115 cm³/mol. The molecule has 2 saturated carbocycles. The summed E-state index contributed by atoms with van der Waals surface area (Å²) in [6, 6.07) is -1.05. The molecule has 3 heteroatoms. The molecule has 0 N–H and O–H groups in total. The van der Waals surface area contributed by atoms with Crippen molar-refractivity contribution in [1.82, 2.24) is 4.98 Å². The highest BCUT2D eigenvalue weighted by Gasteiger charge is 2.56. The summed E-state index contributed by atoms with van der Waals surface area (Å²) in [5.74, 6) is -2.30. The molecule has 6 atom stereocenters. The second-order valence-corrected chi connectivity index (χ2v) is 8.91. The second kappa shape index (κ2) is 6.82. The maximum atomic E-state index is 11.7. The van der Waals surface area contributed by atoms with Crippen LogP contribution in [0.5, 0.6) is 0 Å². The smallest absolute Gasteiger partial charge is 0.302 e. The summed E-state index contributed by atoms with van der Waals surface area (Å²) in [6.07, 6.45) is -0.782. The Labute approximate surface area is 191 Å². The Morgan fingerprint density at radius 3 is 2.90 bits per heavy atom. The number of nitrogens with zero attached hydrogens (tertiary/aromatic N) is 1. The molecule has 0 radical (unpaired) electrons. The van der Waals surface area contributed by atoms with Crippen molar-refractivity contribution in [2.45, 2.75) is 71.7 Å². The topological polar surface area (TPSA) is 39.2 Å². The van der Waals surface area contributed by atoms with E-state index in [0.29, 0.717) is 12.0 Å². The fraction of sp³-hybridized carbons (Fsp3) is 0.615. The summed E-state index contributed by atoms with van der Waals surface area (Å²) in [5.41, 5.74) is -2.89. The third kappa shape index (κ3) is 2.92. The Morgan fingerprint density at radius 1 is 1.21 bits per heavy atom. The van der Waals surface area contributed by atoms with Crippen molar-refractivity contribution in [1.29, 1.82) is 0 Å². The Balaban J connectivity index is 1.67. The van der Waals surface area contributed by atoms with Gasteiger partial charge in [0.15, 0.2) is 0 Å². The SMILES string of the molecule is [2H]C1=C(c2c([2H])nc([2H])c([2H])c2[2H])[C@@]2(C([2H])([2H])[2H])CCC3C(CC([2H])=C4C[C@@H](OC(C)=O)CC[C@@]43C([2H])([2H])[2H])C2C1. The largest absolute Gasteiger partial charge is 0.462 e. The van der Waals surface area contributed by atoms with Gasteiger partial charge in [-0.2, -0.15) is 0 Å². The van der Waals surface area contributed by atoms with Gasteiger partial charge in [-0.1, -0.05) is 37.4 Å².